The Morgan fingerprint density at radius 3 is 2.44 bits per heavy atom. The standard InChI is InChI=1S/C29H29Cl2FN6O/c1-36(2)18-13-38(14-18)29-34-27-21(28(35-29)37-11-16-6-7-17(12-37)33-16)10-23(31)25(26(27)32)20-9-19(39)8-15-4-3-5-22(30)24(15)20/h3-5,8-10,16-18,33,39H,6-7,11-14H2,1-2H3/t16-,17+. The molecule has 3 aliphatic rings. The van der Waals surface area contributed by atoms with Crippen LogP contribution < -0.4 is 15.1 Å². The first-order valence-corrected chi connectivity index (χ1v) is 14.1. The predicted octanol–water partition coefficient (Wildman–Crippen LogP) is 5.29. The van der Waals surface area contributed by atoms with Crippen molar-refractivity contribution >= 4 is 56.6 Å². The second-order valence-electron chi connectivity index (χ2n) is 11.2. The Bertz CT molecular complexity index is 1610. The molecule has 39 heavy (non-hydrogen) atoms. The number of piperazine rings is 1. The lowest BCUT2D eigenvalue weighted by Crippen LogP contribution is -2.58. The van der Waals surface area contributed by atoms with Gasteiger partial charge in [-0.05, 0) is 62.2 Å². The largest absolute Gasteiger partial charge is 0.508 e. The second kappa shape index (κ2) is 9.34. The number of hydrogen-bond acceptors (Lipinski definition) is 7. The summed E-state index contributed by atoms with van der Waals surface area (Å²) >= 11 is 13.4. The summed E-state index contributed by atoms with van der Waals surface area (Å²) in [6.45, 7) is 3.16. The van der Waals surface area contributed by atoms with E-state index in [0.717, 1.165) is 39.0 Å². The first-order valence-electron chi connectivity index (χ1n) is 13.3. The van der Waals surface area contributed by atoms with E-state index in [1.165, 1.54) is 6.07 Å². The Hall–Kier alpha value is -2.91. The smallest absolute Gasteiger partial charge is 0.228 e. The number of phenols is 1. The van der Waals surface area contributed by atoms with Crippen molar-refractivity contribution in [3.8, 4) is 16.9 Å². The van der Waals surface area contributed by atoms with Crippen LogP contribution in [-0.4, -0.2) is 78.4 Å². The number of benzene rings is 3. The first-order chi connectivity index (χ1) is 18.8. The molecule has 3 aromatic carbocycles. The van der Waals surface area contributed by atoms with Crippen LogP contribution in [0.2, 0.25) is 10.0 Å². The van der Waals surface area contributed by atoms with Gasteiger partial charge in [-0.15, -0.1) is 0 Å². The molecule has 3 aliphatic heterocycles. The summed E-state index contributed by atoms with van der Waals surface area (Å²) in [4.78, 5) is 16.3. The molecular weight excluding hydrogens is 538 g/mol. The number of aromatic hydroxyl groups is 1. The maximum atomic E-state index is 16.7. The van der Waals surface area contributed by atoms with Crippen LogP contribution >= 0.6 is 23.2 Å². The van der Waals surface area contributed by atoms with Crippen molar-refractivity contribution in [3.05, 3.63) is 52.3 Å². The SMILES string of the molecule is CN(C)C1CN(c2nc(N3C[C@H]4CC[C@@H](C3)N4)c3cc(Cl)c(-c4cc(O)cc5cccc(Cl)c45)c(F)c3n2)C1. The summed E-state index contributed by atoms with van der Waals surface area (Å²) in [7, 11) is 4.12. The zero-order chi connectivity index (χ0) is 27.0. The molecule has 7 nitrogen and oxygen atoms in total. The number of likely N-dealkylation sites (N-methyl/N-ethyl adjacent to an activating group) is 1. The molecule has 2 N–H and O–H groups in total. The lowest BCUT2D eigenvalue weighted by atomic mass is 9.96. The molecule has 202 valence electrons. The van der Waals surface area contributed by atoms with Crippen LogP contribution in [0.1, 0.15) is 12.8 Å². The van der Waals surface area contributed by atoms with Gasteiger partial charge in [0.05, 0.1) is 5.02 Å². The minimum Gasteiger partial charge on any atom is -0.508 e. The maximum Gasteiger partial charge on any atom is 0.228 e. The molecule has 0 spiro atoms. The monoisotopic (exact) mass is 566 g/mol. The molecule has 1 aromatic heterocycles. The number of nitrogens with one attached hydrogen (secondary N) is 1. The number of anilines is 2. The Morgan fingerprint density at radius 2 is 1.72 bits per heavy atom. The van der Waals surface area contributed by atoms with E-state index in [4.69, 9.17) is 33.2 Å². The van der Waals surface area contributed by atoms with E-state index in [0.29, 0.717) is 56.6 Å². The fraction of sp³-hybridized carbons (Fsp3) is 0.379. The summed E-state index contributed by atoms with van der Waals surface area (Å²) < 4.78 is 16.7. The molecule has 0 amide bonds. The van der Waals surface area contributed by atoms with Gasteiger partial charge in [0, 0.05) is 65.7 Å². The number of fused-ring (bicyclic) bond motifs is 4. The minimum atomic E-state index is -0.544. The highest BCUT2D eigenvalue weighted by Gasteiger charge is 2.36. The van der Waals surface area contributed by atoms with E-state index in [-0.39, 0.29) is 21.9 Å². The van der Waals surface area contributed by atoms with Gasteiger partial charge in [-0.2, -0.15) is 4.98 Å². The van der Waals surface area contributed by atoms with Gasteiger partial charge in [0.1, 0.15) is 17.1 Å². The average molecular weight is 567 g/mol. The Morgan fingerprint density at radius 1 is 0.974 bits per heavy atom. The van der Waals surface area contributed by atoms with Crippen molar-refractivity contribution < 1.29 is 9.50 Å². The minimum absolute atomic E-state index is 0.00555. The Balaban J connectivity index is 1.44. The number of aromatic nitrogens is 2. The number of nitrogens with zero attached hydrogens (tertiary/aromatic N) is 5. The van der Waals surface area contributed by atoms with Crippen molar-refractivity contribution in [3.63, 3.8) is 0 Å². The number of halogens is 3. The van der Waals surface area contributed by atoms with Gasteiger partial charge in [-0.3, -0.25) is 0 Å². The molecule has 7 rings (SSSR count). The summed E-state index contributed by atoms with van der Waals surface area (Å²) in [5, 5.41) is 16.7. The predicted molar refractivity (Wildman–Crippen MR) is 156 cm³/mol. The Labute approximate surface area is 236 Å². The van der Waals surface area contributed by atoms with Crippen LogP contribution in [0.3, 0.4) is 0 Å². The van der Waals surface area contributed by atoms with Gasteiger partial charge in [-0.1, -0.05) is 35.3 Å². The van der Waals surface area contributed by atoms with Gasteiger partial charge in [0.25, 0.3) is 0 Å². The van der Waals surface area contributed by atoms with Crippen LogP contribution in [0.15, 0.2) is 36.4 Å². The van der Waals surface area contributed by atoms with E-state index < -0.39 is 5.82 Å². The number of hydrogen-bond donors (Lipinski definition) is 2. The molecule has 3 saturated heterocycles. The zero-order valence-corrected chi connectivity index (χ0v) is 23.3. The fourth-order valence-electron chi connectivity index (χ4n) is 6.28. The fourth-order valence-corrected chi connectivity index (χ4v) is 6.85. The lowest BCUT2D eigenvalue weighted by molar-refractivity contribution is 0.245. The molecule has 10 heteroatoms. The molecule has 0 saturated carbocycles. The number of rotatable bonds is 4. The molecule has 4 heterocycles. The van der Waals surface area contributed by atoms with Gasteiger partial charge in [-0.25, -0.2) is 9.37 Å². The third-order valence-corrected chi connectivity index (χ3v) is 9.04. The number of phenolic OH excluding ortho intramolecular Hbond substituents is 1. The van der Waals surface area contributed by atoms with Crippen LogP contribution in [-0.2, 0) is 0 Å². The second-order valence-corrected chi connectivity index (χ2v) is 12.0. The lowest BCUT2D eigenvalue weighted by Gasteiger charge is -2.43. The first kappa shape index (κ1) is 25.1. The van der Waals surface area contributed by atoms with Gasteiger partial charge >= 0.3 is 0 Å². The molecule has 0 aliphatic carbocycles. The van der Waals surface area contributed by atoms with Crippen LogP contribution in [0, 0.1) is 5.82 Å². The van der Waals surface area contributed by atoms with Gasteiger partial charge in [0.2, 0.25) is 5.95 Å². The topological polar surface area (TPSA) is 67.8 Å². The highest BCUT2D eigenvalue weighted by atomic mass is 35.5. The summed E-state index contributed by atoms with van der Waals surface area (Å²) in [5.41, 5.74) is 0.819. The van der Waals surface area contributed by atoms with Crippen LogP contribution in [0.25, 0.3) is 32.8 Å². The van der Waals surface area contributed by atoms with Crippen LogP contribution in [0.4, 0.5) is 16.2 Å². The van der Waals surface area contributed by atoms with E-state index in [1.807, 2.05) is 6.07 Å². The van der Waals surface area contributed by atoms with Crippen molar-refractivity contribution in [2.45, 2.75) is 31.0 Å². The van der Waals surface area contributed by atoms with E-state index in [2.05, 4.69) is 34.1 Å². The third-order valence-electron chi connectivity index (χ3n) is 8.42. The molecule has 0 radical (unpaired) electrons. The van der Waals surface area contributed by atoms with Crippen molar-refractivity contribution in [1.29, 1.82) is 0 Å². The summed E-state index contributed by atoms with van der Waals surface area (Å²) in [6.07, 6.45) is 2.25. The van der Waals surface area contributed by atoms with Crippen molar-refractivity contribution in [2.24, 2.45) is 0 Å². The van der Waals surface area contributed by atoms with E-state index >= 15 is 4.39 Å². The highest BCUT2D eigenvalue weighted by Crippen LogP contribution is 2.44. The zero-order valence-electron chi connectivity index (χ0n) is 21.8. The van der Waals surface area contributed by atoms with Crippen LogP contribution in [0.5, 0.6) is 5.75 Å². The average Bonchev–Trinajstić information content (AvgIpc) is 3.20. The van der Waals surface area contributed by atoms with Gasteiger partial charge in [0.15, 0.2) is 5.82 Å². The quantitative estimate of drug-likeness (QED) is 0.347. The molecule has 3 fully saturated rings. The highest BCUT2D eigenvalue weighted by molar-refractivity contribution is 6.38. The summed E-state index contributed by atoms with van der Waals surface area (Å²) in [5.74, 6) is 0.698. The van der Waals surface area contributed by atoms with E-state index in [1.54, 1.807) is 24.3 Å². The molecule has 0 unspecified atom stereocenters. The summed E-state index contributed by atoms with van der Waals surface area (Å²) in [6, 6.07) is 11.4. The van der Waals surface area contributed by atoms with Gasteiger partial charge < -0.3 is 25.1 Å². The normalized spacial score (nSPS) is 21.4. The molecule has 2 atom stereocenters. The Kier molecular flexibility index (Phi) is 6.00. The molecular formula is C29H29Cl2FN6O. The maximum absolute atomic E-state index is 16.7. The van der Waals surface area contributed by atoms with E-state index in [9.17, 15) is 5.11 Å². The van der Waals surface area contributed by atoms with Crippen molar-refractivity contribution in [1.82, 2.24) is 20.2 Å². The molecule has 2 bridgehead atoms. The third kappa shape index (κ3) is 4.16. The van der Waals surface area contributed by atoms with Crippen molar-refractivity contribution in [2.75, 3.05) is 50.1 Å². The molecule has 4 aromatic rings.